The maximum absolute atomic E-state index is 13.0. The van der Waals surface area contributed by atoms with Gasteiger partial charge in [0.05, 0.1) is 39.9 Å². The first kappa shape index (κ1) is 78.2. The lowest BCUT2D eigenvalue weighted by molar-refractivity contribution is -0.870. The number of hydrogen-bond acceptors (Lipinski definition) is 6. The molecule has 0 fully saturated rings. The van der Waals surface area contributed by atoms with Crippen LogP contribution in [-0.2, 0) is 18.4 Å². The lowest BCUT2D eigenvalue weighted by Gasteiger charge is -2.29. The molecule has 0 heterocycles. The Morgan fingerprint density at radius 3 is 1.09 bits per heavy atom. The predicted molar refractivity (Wildman–Crippen MR) is 348 cm³/mol. The first-order chi connectivity index (χ1) is 39.0. The number of allylic oxidation sites excluding steroid dienone is 9. The number of unbranched alkanes of at least 4 members (excludes halogenated alkanes) is 43. The van der Waals surface area contributed by atoms with Crippen LogP contribution in [0.1, 0.15) is 335 Å². The van der Waals surface area contributed by atoms with Gasteiger partial charge in [0, 0.05) is 6.42 Å². The summed E-state index contributed by atoms with van der Waals surface area (Å²) in [6.07, 6.45) is 84.9. The van der Waals surface area contributed by atoms with Gasteiger partial charge in [0.15, 0.2) is 0 Å². The molecule has 3 atom stereocenters. The molecule has 0 aromatic rings. The highest BCUT2D eigenvalue weighted by Gasteiger charge is 2.23. The van der Waals surface area contributed by atoms with Crippen molar-refractivity contribution in [2.45, 2.75) is 347 Å². The van der Waals surface area contributed by atoms with Crippen LogP contribution in [0.15, 0.2) is 60.8 Å². The minimum absolute atomic E-state index is 0.00936. The van der Waals surface area contributed by atoms with Gasteiger partial charge in [0.25, 0.3) is 7.82 Å². The Labute approximate surface area is 498 Å². The van der Waals surface area contributed by atoms with Crippen molar-refractivity contribution in [2.75, 3.05) is 40.9 Å². The van der Waals surface area contributed by atoms with E-state index in [4.69, 9.17) is 9.05 Å². The SMILES string of the molecule is CCCCCCCCCCCCC/C=C\C/C=C\CCCCCCCCCCCCCCCCCCCC(=O)NC(COP(=O)([O-])OCC[N+](C)(C)C)C(O)/C=C/CC/C=C/CC/C=C/CCCCCCCCCCCCCCC. The molecule has 0 saturated carbocycles. The predicted octanol–water partition coefficient (Wildman–Crippen LogP) is 21.4. The number of hydrogen-bond donors (Lipinski definition) is 2. The second-order valence-corrected chi connectivity index (χ2v) is 26.3. The highest BCUT2D eigenvalue weighted by molar-refractivity contribution is 7.45. The third-order valence-electron chi connectivity index (χ3n) is 15.7. The molecule has 2 N–H and O–H groups in total. The fourth-order valence-corrected chi connectivity index (χ4v) is 11.0. The number of aliphatic hydroxyl groups is 1. The first-order valence-electron chi connectivity index (χ1n) is 34.7. The summed E-state index contributed by atoms with van der Waals surface area (Å²) < 4.78 is 23.4. The molecule has 0 radical (unpaired) electrons. The summed E-state index contributed by atoms with van der Waals surface area (Å²) in [6, 6.07) is -0.912. The van der Waals surface area contributed by atoms with Crippen molar-refractivity contribution in [1.29, 1.82) is 0 Å². The van der Waals surface area contributed by atoms with E-state index in [-0.39, 0.29) is 12.5 Å². The van der Waals surface area contributed by atoms with E-state index in [1.165, 1.54) is 263 Å². The van der Waals surface area contributed by atoms with Gasteiger partial charge in [-0.2, -0.15) is 0 Å². The Hall–Kier alpha value is -1.80. The summed E-state index contributed by atoms with van der Waals surface area (Å²) in [4.78, 5) is 25.6. The van der Waals surface area contributed by atoms with Gasteiger partial charge in [-0.05, 0) is 77.0 Å². The molecule has 0 aromatic heterocycles. The number of likely N-dealkylation sites (N-methyl/N-ethyl adjacent to an activating group) is 1. The van der Waals surface area contributed by atoms with Crippen LogP contribution in [0.5, 0.6) is 0 Å². The molecule has 3 unspecified atom stereocenters. The van der Waals surface area contributed by atoms with E-state index in [1.54, 1.807) is 6.08 Å². The molecule has 9 heteroatoms. The minimum atomic E-state index is -4.62. The molecule has 1 amide bonds. The van der Waals surface area contributed by atoms with Crippen LogP contribution >= 0.6 is 7.82 Å². The first-order valence-corrected chi connectivity index (χ1v) is 36.1. The Balaban J connectivity index is 4.08. The number of phosphoric acid groups is 1. The Morgan fingerprint density at radius 1 is 0.438 bits per heavy atom. The largest absolute Gasteiger partial charge is 0.756 e. The molecule has 0 spiro atoms. The zero-order valence-corrected chi connectivity index (χ0v) is 54.7. The van der Waals surface area contributed by atoms with Crippen molar-refractivity contribution in [3.05, 3.63) is 60.8 Å². The Kier molecular flexibility index (Phi) is 60.4. The van der Waals surface area contributed by atoms with Gasteiger partial charge in [-0.3, -0.25) is 9.36 Å². The van der Waals surface area contributed by atoms with Crippen LogP contribution in [0.3, 0.4) is 0 Å². The number of quaternary nitrogens is 1. The van der Waals surface area contributed by atoms with Crippen molar-refractivity contribution in [1.82, 2.24) is 5.32 Å². The van der Waals surface area contributed by atoms with Gasteiger partial charge in [-0.15, -0.1) is 0 Å². The maximum atomic E-state index is 13.0. The fraction of sp³-hybridized carbons (Fsp3) is 0.845. The highest BCUT2D eigenvalue weighted by atomic mass is 31.2. The van der Waals surface area contributed by atoms with E-state index < -0.39 is 26.6 Å². The van der Waals surface area contributed by atoms with E-state index in [1.807, 2.05) is 27.2 Å². The molecule has 0 rings (SSSR count). The van der Waals surface area contributed by atoms with E-state index in [2.05, 4.69) is 67.8 Å². The van der Waals surface area contributed by atoms with E-state index in [0.29, 0.717) is 17.4 Å². The maximum Gasteiger partial charge on any atom is 0.268 e. The van der Waals surface area contributed by atoms with Crippen LogP contribution < -0.4 is 10.2 Å². The number of amides is 1. The molecule has 8 nitrogen and oxygen atoms in total. The molecule has 0 saturated heterocycles. The Morgan fingerprint density at radius 2 is 0.738 bits per heavy atom. The van der Waals surface area contributed by atoms with Gasteiger partial charge in [-0.1, -0.05) is 312 Å². The topological polar surface area (TPSA) is 108 Å². The average Bonchev–Trinajstić information content (AvgIpc) is 3.42. The van der Waals surface area contributed by atoms with Gasteiger partial charge in [0.1, 0.15) is 13.2 Å². The van der Waals surface area contributed by atoms with E-state index in [9.17, 15) is 19.4 Å². The standard InChI is InChI=1S/C71H135N2O6P/c1-6-8-10-12-14-16-18-20-22-24-26-28-30-31-32-33-34-35-36-37-38-39-40-41-43-45-47-49-51-53-55-57-59-61-63-65-71(75)72-69(68-79-80(76,77)78-67-66-73(3,4)5)70(74)64-62-60-58-56-54-52-50-48-46-44-42-29-27-25-23-21-19-17-15-13-11-9-7-2/h30-31,33-34,46,48,54,56,62,64,69-70,74H,6-29,32,35-45,47,49-53,55,57-61,63,65-68H2,1-5H3,(H-,72,75,76,77)/b31-30-,34-33-,48-46+,56-54+,64-62+. The average molecular weight is 1140 g/mol. The molecule has 80 heavy (non-hydrogen) atoms. The van der Waals surface area contributed by atoms with Crippen molar-refractivity contribution in [2.24, 2.45) is 0 Å². The monoisotopic (exact) mass is 1140 g/mol. The summed E-state index contributed by atoms with van der Waals surface area (Å²) in [5.74, 6) is -0.207. The second-order valence-electron chi connectivity index (χ2n) is 24.9. The zero-order chi connectivity index (χ0) is 58.4. The van der Waals surface area contributed by atoms with Crippen LogP contribution in [-0.4, -0.2) is 68.5 Å². The van der Waals surface area contributed by atoms with Crippen LogP contribution in [0.2, 0.25) is 0 Å². The van der Waals surface area contributed by atoms with Crippen molar-refractivity contribution >= 4 is 13.7 Å². The second kappa shape index (κ2) is 61.8. The normalized spacial score (nSPS) is 14.0. The molecule has 0 aliphatic heterocycles. The number of aliphatic hydroxyl groups excluding tert-OH is 1. The Bertz CT molecular complexity index is 1490. The molecule has 470 valence electrons. The molecule has 0 aliphatic carbocycles. The smallest absolute Gasteiger partial charge is 0.268 e. The number of phosphoric ester groups is 1. The summed E-state index contributed by atoms with van der Waals surface area (Å²) >= 11 is 0. The van der Waals surface area contributed by atoms with Gasteiger partial charge in [0.2, 0.25) is 5.91 Å². The van der Waals surface area contributed by atoms with E-state index in [0.717, 1.165) is 51.4 Å². The summed E-state index contributed by atoms with van der Waals surface area (Å²) in [5, 5.41) is 13.9. The summed E-state index contributed by atoms with van der Waals surface area (Å²) in [5.41, 5.74) is 0. The molecule has 0 bridgehead atoms. The van der Waals surface area contributed by atoms with Crippen LogP contribution in [0, 0.1) is 0 Å². The van der Waals surface area contributed by atoms with Gasteiger partial charge >= 0.3 is 0 Å². The molecule has 0 aliphatic rings. The highest BCUT2D eigenvalue weighted by Crippen LogP contribution is 2.38. The third-order valence-corrected chi connectivity index (χ3v) is 16.6. The van der Waals surface area contributed by atoms with Gasteiger partial charge in [-0.25, -0.2) is 0 Å². The minimum Gasteiger partial charge on any atom is -0.756 e. The van der Waals surface area contributed by atoms with Crippen molar-refractivity contribution < 1.29 is 32.9 Å². The lowest BCUT2D eigenvalue weighted by Crippen LogP contribution is -2.45. The molecular formula is C71H135N2O6P. The lowest BCUT2D eigenvalue weighted by atomic mass is 10.0. The third kappa shape index (κ3) is 63.8. The number of nitrogens with one attached hydrogen (secondary N) is 1. The zero-order valence-electron chi connectivity index (χ0n) is 53.8. The van der Waals surface area contributed by atoms with Crippen molar-refractivity contribution in [3.8, 4) is 0 Å². The number of carbonyl (C=O) groups excluding carboxylic acids is 1. The summed E-state index contributed by atoms with van der Waals surface area (Å²) in [7, 11) is 1.24. The number of carbonyl (C=O) groups is 1. The fourth-order valence-electron chi connectivity index (χ4n) is 10.3. The van der Waals surface area contributed by atoms with Crippen LogP contribution in [0.25, 0.3) is 0 Å². The molecular weight excluding hydrogens is 1010 g/mol. The van der Waals surface area contributed by atoms with Crippen LogP contribution in [0.4, 0.5) is 0 Å². The van der Waals surface area contributed by atoms with Gasteiger partial charge < -0.3 is 28.8 Å². The van der Waals surface area contributed by atoms with Crippen molar-refractivity contribution in [3.63, 3.8) is 0 Å². The van der Waals surface area contributed by atoms with E-state index >= 15 is 0 Å². The quantitative estimate of drug-likeness (QED) is 0.0272. The number of rotatable bonds is 64. The number of nitrogens with zero attached hydrogens (tertiary/aromatic N) is 1. The summed E-state index contributed by atoms with van der Waals surface area (Å²) in [6.45, 7) is 4.66. The molecule has 0 aromatic carbocycles.